The van der Waals surface area contributed by atoms with Crippen LogP contribution in [0.25, 0.3) is 55.7 Å². The van der Waals surface area contributed by atoms with Crippen molar-refractivity contribution in [3.05, 3.63) is 209 Å². The summed E-state index contributed by atoms with van der Waals surface area (Å²) in [5.74, 6) is 0. The van der Waals surface area contributed by atoms with Gasteiger partial charge in [0.25, 0.3) is 0 Å². The van der Waals surface area contributed by atoms with E-state index in [0.29, 0.717) is 40.8 Å². The molecule has 0 atom stereocenters. The maximum absolute atomic E-state index is 9.63. The van der Waals surface area contributed by atoms with Crippen molar-refractivity contribution in [1.82, 2.24) is 15.0 Å². The zero-order chi connectivity index (χ0) is 45.6. The molecule has 9 aromatic rings. The molecule has 0 N–H and O–H groups in total. The molecule has 0 bridgehead atoms. The van der Waals surface area contributed by atoms with Crippen LogP contribution in [0.3, 0.4) is 0 Å². The topological polar surface area (TPSA) is 75.6 Å². The molecule has 0 fully saturated rings. The van der Waals surface area contributed by atoms with E-state index in [1.807, 2.05) is 122 Å². The summed E-state index contributed by atoms with van der Waals surface area (Å²) in [6, 6.07) is 50.9. The standard InChI is InChI=1S/C56H48N4O/c1-55(2,45-22-26-50(59-36-45)43-12-7-5-8-13-43)32-41-28-39(29-42(30-41)33-56(3,4)46-23-27-51(60-37-46)44-14-9-6-10-15-44)19-18-38-21-25-52(58-35-38)49-17-11-16-48-47-24-20-40(34-57)31-53(47)61-54(48)49/h5-17,20-31,35-37H,18-19,32-33H2,1-4H3/i18D2,19D2. The molecule has 4 heterocycles. The summed E-state index contributed by atoms with van der Waals surface area (Å²) in [5.41, 5.74) is 10.3. The van der Waals surface area contributed by atoms with Crippen LogP contribution in [0.2, 0.25) is 0 Å². The molecule has 0 amide bonds. The quantitative estimate of drug-likeness (QED) is 0.123. The smallest absolute Gasteiger partial charge is 0.144 e. The van der Waals surface area contributed by atoms with Crippen molar-refractivity contribution in [2.24, 2.45) is 0 Å². The van der Waals surface area contributed by atoms with Crippen LogP contribution in [0.4, 0.5) is 0 Å². The number of para-hydroxylation sites is 1. The van der Waals surface area contributed by atoms with Crippen molar-refractivity contribution < 1.29 is 9.90 Å². The number of aromatic nitrogens is 3. The van der Waals surface area contributed by atoms with Crippen molar-refractivity contribution >= 4 is 21.9 Å². The molecule has 0 aliphatic carbocycles. The Hall–Kier alpha value is -7.16. The van der Waals surface area contributed by atoms with E-state index < -0.39 is 23.6 Å². The van der Waals surface area contributed by atoms with Crippen LogP contribution in [0.5, 0.6) is 0 Å². The third-order valence-corrected chi connectivity index (χ3v) is 11.6. The van der Waals surface area contributed by atoms with Gasteiger partial charge < -0.3 is 4.42 Å². The van der Waals surface area contributed by atoms with Gasteiger partial charge in [0, 0.05) is 51.5 Å². The third-order valence-electron chi connectivity index (χ3n) is 11.6. The third kappa shape index (κ3) is 8.49. The first-order valence-electron chi connectivity index (χ1n) is 22.6. The Kier molecular flexibility index (Phi) is 9.37. The number of fused-ring (bicyclic) bond motifs is 3. The largest absolute Gasteiger partial charge is 0.455 e. The van der Waals surface area contributed by atoms with Gasteiger partial charge in [0.05, 0.1) is 28.7 Å². The van der Waals surface area contributed by atoms with E-state index in [9.17, 15) is 10.7 Å². The van der Waals surface area contributed by atoms with Gasteiger partial charge in [0.1, 0.15) is 11.2 Å². The SMILES string of the molecule is [2H]C([2H])(c1ccc(-c2cccc3c2oc2cc(C#N)ccc23)nc1)C([2H])([2H])c1cc(CC(C)(C)c2ccc(-c3ccccc3)nc2)cc(CC(C)(C)c2ccc(-c3ccccc3)nc2)c1. The van der Waals surface area contributed by atoms with Crippen molar-refractivity contribution in [3.8, 4) is 39.8 Å². The van der Waals surface area contributed by atoms with Crippen LogP contribution in [0.1, 0.15) is 72.1 Å². The highest BCUT2D eigenvalue weighted by atomic mass is 16.3. The predicted molar refractivity (Wildman–Crippen MR) is 248 cm³/mol. The fourth-order valence-corrected chi connectivity index (χ4v) is 8.25. The second kappa shape index (κ2) is 16.5. The summed E-state index contributed by atoms with van der Waals surface area (Å²) >= 11 is 0. The molecule has 4 aromatic heterocycles. The van der Waals surface area contributed by atoms with E-state index >= 15 is 0 Å². The van der Waals surface area contributed by atoms with Crippen molar-refractivity contribution in [2.45, 2.75) is 64.1 Å². The van der Waals surface area contributed by atoms with Gasteiger partial charge in [0.15, 0.2) is 0 Å². The number of benzene rings is 5. The van der Waals surface area contributed by atoms with Gasteiger partial charge in [-0.1, -0.05) is 137 Å². The molecule has 0 radical (unpaired) electrons. The van der Waals surface area contributed by atoms with Crippen LogP contribution < -0.4 is 0 Å². The molecule has 0 spiro atoms. The molecule has 5 aromatic carbocycles. The lowest BCUT2D eigenvalue weighted by molar-refractivity contribution is 0.512. The van der Waals surface area contributed by atoms with Crippen LogP contribution in [-0.4, -0.2) is 15.0 Å². The van der Waals surface area contributed by atoms with Crippen molar-refractivity contribution in [2.75, 3.05) is 0 Å². The van der Waals surface area contributed by atoms with Crippen molar-refractivity contribution in [3.63, 3.8) is 0 Å². The highest BCUT2D eigenvalue weighted by Crippen LogP contribution is 2.36. The van der Waals surface area contributed by atoms with Gasteiger partial charge in [-0.2, -0.15) is 5.26 Å². The van der Waals surface area contributed by atoms with Gasteiger partial charge in [-0.25, -0.2) is 0 Å². The summed E-state index contributed by atoms with van der Waals surface area (Å²) < 4.78 is 44.4. The Morgan fingerprint density at radius 1 is 0.525 bits per heavy atom. The average molecular weight is 797 g/mol. The number of nitrogens with zero attached hydrogens (tertiary/aromatic N) is 4. The molecule has 298 valence electrons. The summed E-state index contributed by atoms with van der Waals surface area (Å²) in [4.78, 5) is 14.3. The molecular formula is C56H48N4O. The minimum atomic E-state index is -2.48. The first kappa shape index (κ1) is 34.7. The fraction of sp³-hybridized carbons (Fsp3) is 0.179. The van der Waals surface area contributed by atoms with Gasteiger partial charge in [0.2, 0.25) is 0 Å². The van der Waals surface area contributed by atoms with Crippen LogP contribution >= 0.6 is 0 Å². The molecule has 0 aliphatic heterocycles. The number of hydrogen-bond acceptors (Lipinski definition) is 5. The van der Waals surface area contributed by atoms with E-state index in [4.69, 9.17) is 19.4 Å². The fourth-order valence-electron chi connectivity index (χ4n) is 8.25. The summed E-state index contributed by atoms with van der Waals surface area (Å²) in [7, 11) is 0. The van der Waals surface area contributed by atoms with E-state index in [-0.39, 0.29) is 11.1 Å². The normalized spacial score (nSPS) is 13.3. The average Bonchev–Trinajstić information content (AvgIpc) is 3.70. The number of hydrogen-bond donors (Lipinski definition) is 0. The Morgan fingerprint density at radius 2 is 1.08 bits per heavy atom. The Labute approximate surface area is 364 Å². The number of aryl methyl sites for hydroxylation is 2. The number of pyridine rings is 3. The Bertz CT molecular complexity index is 3080. The monoisotopic (exact) mass is 796 g/mol. The molecule has 0 aliphatic rings. The predicted octanol–water partition coefficient (Wildman–Crippen LogP) is 13.5. The maximum Gasteiger partial charge on any atom is 0.144 e. The van der Waals surface area contributed by atoms with E-state index in [1.54, 1.807) is 24.3 Å². The van der Waals surface area contributed by atoms with E-state index in [2.05, 4.69) is 52.0 Å². The minimum absolute atomic E-state index is 0.114. The zero-order valence-corrected chi connectivity index (χ0v) is 34.8. The lowest BCUT2D eigenvalue weighted by Crippen LogP contribution is -2.23. The molecule has 61 heavy (non-hydrogen) atoms. The lowest BCUT2D eigenvalue weighted by Gasteiger charge is -2.28. The molecule has 0 saturated heterocycles. The summed E-state index contributed by atoms with van der Waals surface area (Å²) in [6.07, 6.45) is 1.46. The minimum Gasteiger partial charge on any atom is -0.455 e. The summed E-state index contributed by atoms with van der Waals surface area (Å²) in [6.45, 7) is 8.66. The number of nitriles is 1. The van der Waals surface area contributed by atoms with E-state index in [1.165, 1.54) is 6.20 Å². The van der Waals surface area contributed by atoms with Gasteiger partial charge in [-0.15, -0.1) is 0 Å². The first-order valence-corrected chi connectivity index (χ1v) is 20.6. The van der Waals surface area contributed by atoms with Gasteiger partial charge in [-0.05, 0) is 112 Å². The summed E-state index contributed by atoms with van der Waals surface area (Å²) in [5, 5.41) is 11.2. The molecule has 5 heteroatoms. The Morgan fingerprint density at radius 3 is 1.62 bits per heavy atom. The highest BCUT2D eigenvalue weighted by Gasteiger charge is 2.25. The van der Waals surface area contributed by atoms with Crippen molar-refractivity contribution in [1.29, 1.82) is 5.26 Å². The van der Waals surface area contributed by atoms with Crippen LogP contribution in [0, 0.1) is 11.3 Å². The molecule has 0 saturated carbocycles. The van der Waals surface area contributed by atoms with Crippen LogP contribution in [0.15, 0.2) is 175 Å². The molecular weight excluding hydrogens is 745 g/mol. The lowest BCUT2D eigenvalue weighted by atomic mass is 9.77. The Balaban J connectivity index is 1.05. The molecule has 9 rings (SSSR count). The van der Waals surface area contributed by atoms with Crippen LogP contribution in [-0.2, 0) is 36.4 Å². The maximum atomic E-state index is 9.63. The number of rotatable bonds is 12. The second-order valence-corrected chi connectivity index (χ2v) is 17.0. The zero-order valence-electron chi connectivity index (χ0n) is 38.8. The van der Waals surface area contributed by atoms with E-state index in [0.717, 1.165) is 55.5 Å². The highest BCUT2D eigenvalue weighted by molar-refractivity contribution is 6.09. The molecule has 0 unspecified atom stereocenters. The second-order valence-electron chi connectivity index (χ2n) is 17.0. The first-order chi connectivity index (χ1) is 31.1. The van der Waals surface area contributed by atoms with Gasteiger partial charge >= 0.3 is 0 Å². The molecule has 5 nitrogen and oxygen atoms in total. The number of furan rings is 1. The van der Waals surface area contributed by atoms with Gasteiger partial charge in [-0.3, -0.25) is 15.0 Å².